The Morgan fingerprint density at radius 1 is 1.46 bits per heavy atom. The first kappa shape index (κ1) is 9.98. The average Bonchev–Trinajstić information content (AvgIpc) is 2.50. The van der Waals surface area contributed by atoms with Crippen LogP contribution >= 0.6 is 0 Å². The molecule has 0 unspecified atom stereocenters. The number of hydrogen-bond acceptors (Lipinski definition) is 3. The van der Waals surface area contributed by atoms with Crippen molar-refractivity contribution in [2.45, 2.75) is 12.5 Å². The number of likely N-dealkylation sites (tertiary alicyclic amines) is 1. The maximum atomic E-state index is 11.1. The minimum Gasteiger partial charge on any atom is -0.361 e. The number of nitrogens with two attached hydrogens (primary N) is 1. The van der Waals surface area contributed by atoms with E-state index in [9.17, 15) is 9.59 Å². The molecule has 0 aromatic carbocycles. The van der Waals surface area contributed by atoms with Gasteiger partial charge >= 0.3 is 11.8 Å². The van der Waals surface area contributed by atoms with Crippen LogP contribution in [0.1, 0.15) is 6.42 Å². The third-order valence-corrected chi connectivity index (χ3v) is 2.39. The minimum atomic E-state index is -0.862. The van der Waals surface area contributed by atoms with Gasteiger partial charge in [0.15, 0.2) is 0 Å². The lowest BCUT2D eigenvalue weighted by atomic mass is 10.2. The minimum absolute atomic E-state index is 0.350. The van der Waals surface area contributed by atoms with Crippen molar-refractivity contribution in [1.29, 1.82) is 0 Å². The van der Waals surface area contributed by atoms with Crippen molar-refractivity contribution in [3.8, 4) is 0 Å². The predicted octanol–water partition coefficient (Wildman–Crippen LogP) is -1.37. The Hall–Kier alpha value is -1.10. The Morgan fingerprint density at radius 2 is 2.08 bits per heavy atom. The fourth-order valence-electron chi connectivity index (χ4n) is 1.50. The van der Waals surface area contributed by atoms with E-state index in [0.717, 1.165) is 6.42 Å². The maximum Gasteiger partial charge on any atom is 0.311 e. The van der Waals surface area contributed by atoms with E-state index in [4.69, 9.17) is 5.73 Å². The van der Waals surface area contributed by atoms with Crippen LogP contribution in [0, 0.1) is 0 Å². The number of primary amides is 1. The zero-order valence-electron chi connectivity index (χ0n) is 7.99. The Labute approximate surface area is 77.5 Å². The second-order valence-corrected chi connectivity index (χ2v) is 3.52. The first-order valence-electron chi connectivity index (χ1n) is 4.27. The molecule has 2 amide bonds. The van der Waals surface area contributed by atoms with Gasteiger partial charge in [-0.05, 0) is 20.5 Å². The summed E-state index contributed by atoms with van der Waals surface area (Å²) in [4.78, 5) is 25.3. The van der Waals surface area contributed by atoms with Gasteiger partial charge in [0.25, 0.3) is 0 Å². The molecular weight excluding hydrogens is 170 g/mol. The van der Waals surface area contributed by atoms with Crippen molar-refractivity contribution in [3.63, 3.8) is 0 Å². The lowest BCUT2D eigenvalue weighted by molar-refractivity contribution is -0.143. The molecule has 0 aliphatic carbocycles. The molecule has 1 heterocycles. The molecule has 1 atom stereocenters. The summed E-state index contributed by atoms with van der Waals surface area (Å²) in [7, 11) is 3.92. The second kappa shape index (κ2) is 3.74. The summed E-state index contributed by atoms with van der Waals surface area (Å²) < 4.78 is 0. The molecule has 0 spiro atoms. The lowest BCUT2D eigenvalue weighted by Crippen LogP contribution is -2.40. The summed E-state index contributed by atoms with van der Waals surface area (Å²) in [6, 6.07) is 0.350. The molecule has 5 heteroatoms. The van der Waals surface area contributed by atoms with Gasteiger partial charge in [-0.3, -0.25) is 9.59 Å². The lowest BCUT2D eigenvalue weighted by Gasteiger charge is -2.19. The van der Waals surface area contributed by atoms with Crippen LogP contribution < -0.4 is 5.73 Å². The molecule has 0 aromatic heterocycles. The molecule has 13 heavy (non-hydrogen) atoms. The van der Waals surface area contributed by atoms with Crippen molar-refractivity contribution in [2.24, 2.45) is 5.73 Å². The largest absolute Gasteiger partial charge is 0.361 e. The van der Waals surface area contributed by atoms with Crippen LogP contribution in [-0.4, -0.2) is 54.8 Å². The van der Waals surface area contributed by atoms with Crippen molar-refractivity contribution in [2.75, 3.05) is 27.2 Å². The standard InChI is InChI=1S/C8H15N3O2/c1-10(2)6-3-4-11(5-6)8(13)7(9)12/h6H,3-5H2,1-2H3,(H2,9,12)/t6-/m1/s1. The highest BCUT2D eigenvalue weighted by Gasteiger charge is 2.29. The van der Waals surface area contributed by atoms with Gasteiger partial charge in [0, 0.05) is 19.1 Å². The topological polar surface area (TPSA) is 66.6 Å². The molecule has 1 fully saturated rings. The molecule has 0 saturated carbocycles. The predicted molar refractivity (Wildman–Crippen MR) is 47.9 cm³/mol. The molecule has 0 aromatic rings. The van der Waals surface area contributed by atoms with Gasteiger partial charge in [-0.1, -0.05) is 0 Å². The van der Waals surface area contributed by atoms with Crippen LogP contribution in [0.25, 0.3) is 0 Å². The first-order chi connectivity index (χ1) is 6.02. The number of carbonyl (C=O) groups is 2. The van der Waals surface area contributed by atoms with Gasteiger partial charge < -0.3 is 15.5 Å². The summed E-state index contributed by atoms with van der Waals surface area (Å²) in [5.74, 6) is -1.43. The number of likely N-dealkylation sites (N-methyl/N-ethyl adjacent to an activating group) is 1. The van der Waals surface area contributed by atoms with E-state index < -0.39 is 11.8 Å². The quantitative estimate of drug-likeness (QED) is 0.513. The molecule has 1 aliphatic rings. The summed E-state index contributed by atoms with van der Waals surface area (Å²) in [6.07, 6.45) is 0.909. The Kier molecular flexibility index (Phi) is 2.87. The smallest absolute Gasteiger partial charge is 0.311 e. The average molecular weight is 185 g/mol. The van der Waals surface area contributed by atoms with Crippen molar-refractivity contribution >= 4 is 11.8 Å². The molecule has 1 saturated heterocycles. The highest BCUT2D eigenvalue weighted by Crippen LogP contribution is 2.12. The monoisotopic (exact) mass is 185 g/mol. The molecule has 1 aliphatic heterocycles. The number of rotatable bonds is 1. The number of nitrogens with zero attached hydrogens (tertiary/aromatic N) is 2. The molecule has 74 valence electrons. The van der Waals surface area contributed by atoms with Gasteiger partial charge in [-0.15, -0.1) is 0 Å². The van der Waals surface area contributed by atoms with E-state index >= 15 is 0 Å². The molecule has 1 rings (SSSR count). The number of amides is 2. The highest BCUT2D eigenvalue weighted by molar-refractivity contribution is 6.34. The van der Waals surface area contributed by atoms with E-state index in [2.05, 4.69) is 0 Å². The fraction of sp³-hybridized carbons (Fsp3) is 0.750. The van der Waals surface area contributed by atoms with E-state index in [1.165, 1.54) is 4.90 Å². The third-order valence-electron chi connectivity index (χ3n) is 2.39. The van der Waals surface area contributed by atoms with Crippen molar-refractivity contribution in [1.82, 2.24) is 9.80 Å². The number of carbonyl (C=O) groups excluding carboxylic acids is 2. The van der Waals surface area contributed by atoms with Gasteiger partial charge in [0.2, 0.25) is 0 Å². The van der Waals surface area contributed by atoms with E-state index in [1.54, 1.807) is 0 Å². The van der Waals surface area contributed by atoms with Gasteiger partial charge in [0.05, 0.1) is 0 Å². The van der Waals surface area contributed by atoms with Crippen molar-refractivity contribution < 1.29 is 9.59 Å². The summed E-state index contributed by atoms with van der Waals surface area (Å²) in [5.41, 5.74) is 4.89. The van der Waals surface area contributed by atoms with Gasteiger partial charge in [0.1, 0.15) is 0 Å². The molecular formula is C8H15N3O2. The maximum absolute atomic E-state index is 11.1. The van der Waals surface area contributed by atoms with E-state index in [0.29, 0.717) is 19.1 Å². The fourth-order valence-corrected chi connectivity index (χ4v) is 1.50. The summed E-state index contributed by atoms with van der Waals surface area (Å²) in [6.45, 7) is 1.24. The van der Waals surface area contributed by atoms with Crippen LogP contribution in [0.3, 0.4) is 0 Å². The third kappa shape index (κ3) is 2.18. The highest BCUT2D eigenvalue weighted by atomic mass is 16.2. The first-order valence-corrected chi connectivity index (χ1v) is 4.27. The van der Waals surface area contributed by atoms with Crippen LogP contribution in [0.4, 0.5) is 0 Å². The van der Waals surface area contributed by atoms with Crippen LogP contribution in [-0.2, 0) is 9.59 Å². The van der Waals surface area contributed by atoms with Gasteiger partial charge in [-0.25, -0.2) is 0 Å². The Bertz CT molecular complexity index is 227. The number of hydrogen-bond donors (Lipinski definition) is 1. The summed E-state index contributed by atoms with van der Waals surface area (Å²) >= 11 is 0. The second-order valence-electron chi connectivity index (χ2n) is 3.52. The van der Waals surface area contributed by atoms with Crippen LogP contribution in [0.2, 0.25) is 0 Å². The Morgan fingerprint density at radius 3 is 2.46 bits per heavy atom. The van der Waals surface area contributed by atoms with E-state index in [1.807, 2.05) is 19.0 Å². The zero-order chi connectivity index (χ0) is 10.0. The van der Waals surface area contributed by atoms with E-state index in [-0.39, 0.29) is 0 Å². The molecule has 0 radical (unpaired) electrons. The van der Waals surface area contributed by atoms with Crippen LogP contribution in [0.5, 0.6) is 0 Å². The van der Waals surface area contributed by atoms with Crippen molar-refractivity contribution in [3.05, 3.63) is 0 Å². The SMILES string of the molecule is CN(C)[C@@H]1CCN(C(=O)C(N)=O)C1. The summed E-state index contributed by atoms with van der Waals surface area (Å²) in [5, 5.41) is 0. The normalized spacial score (nSPS) is 22.4. The Balaban J connectivity index is 2.50. The van der Waals surface area contributed by atoms with Crippen LogP contribution in [0.15, 0.2) is 0 Å². The molecule has 0 bridgehead atoms. The molecule has 5 nitrogen and oxygen atoms in total. The van der Waals surface area contributed by atoms with Gasteiger partial charge in [-0.2, -0.15) is 0 Å². The molecule has 2 N–H and O–H groups in total. The zero-order valence-corrected chi connectivity index (χ0v) is 7.99.